The summed E-state index contributed by atoms with van der Waals surface area (Å²) < 4.78 is 0. The van der Waals surface area contributed by atoms with Crippen LogP contribution < -0.4 is 4.90 Å². The largest absolute Gasteiger partial charge is 0.293 e. The summed E-state index contributed by atoms with van der Waals surface area (Å²) in [5.41, 5.74) is 0.723. The molecule has 2 saturated heterocycles. The molecule has 182 valence electrons. The topological polar surface area (TPSA) is 35.9 Å². The van der Waals surface area contributed by atoms with Crippen LogP contribution in [0.3, 0.4) is 0 Å². The van der Waals surface area contributed by atoms with Crippen molar-refractivity contribution in [3.05, 3.63) is 29.3 Å². The van der Waals surface area contributed by atoms with Crippen molar-refractivity contribution in [3.63, 3.8) is 0 Å². The lowest BCUT2D eigenvalue weighted by Crippen LogP contribution is -2.53. The summed E-state index contributed by atoms with van der Waals surface area (Å²) in [5.74, 6) is 3.97. The van der Waals surface area contributed by atoms with Crippen LogP contribution >= 0.6 is 11.6 Å². The van der Waals surface area contributed by atoms with Gasteiger partial charge in [0.1, 0.15) is 5.84 Å². The third-order valence-corrected chi connectivity index (χ3v) is 10.6. The van der Waals surface area contributed by atoms with Gasteiger partial charge in [0.25, 0.3) is 0 Å². The third-order valence-electron chi connectivity index (χ3n) is 10.3. The van der Waals surface area contributed by atoms with Crippen LogP contribution in [0, 0.1) is 23.2 Å². The van der Waals surface area contributed by atoms with Crippen molar-refractivity contribution < 1.29 is 4.79 Å². The zero-order chi connectivity index (χ0) is 22.9. The lowest BCUT2D eigenvalue weighted by atomic mass is 9.53. The summed E-state index contributed by atoms with van der Waals surface area (Å²) in [7, 11) is 0. The Labute approximate surface area is 209 Å². The molecule has 5 saturated carbocycles. The molecule has 1 spiro atoms. The fourth-order valence-corrected chi connectivity index (χ4v) is 9.52. The molecule has 1 aromatic carbocycles. The summed E-state index contributed by atoms with van der Waals surface area (Å²) in [6.07, 6.45) is 16.1. The number of carbonyl (C=O) groups excluding carboxylic acids is 1. The van der Waals surface area contributed by atoms with Crippen molar-refractivity contribution in [2.45, 2.75) is 95.1 Å². The molecule has 5 aliphatic carbocycles. The van der Waals surface area contributed by atoms with Crippen molar-refractivity contribution in [1.82, 2.24) is 4.90 Å². The first-order chi connectivity index (χ1) is 16.6. The highest BCUT2D eigenvalue weighted by Crippen LogP contribution is 2.58. The van der Waals surface area contributed by atoms with Crippen LogP contribution in [0.4, 0.5) is 5.69 Å². The monoisotopic (exact) mass is 479 g/mol. The molecule has 4 bridgehead atoms. The van der Waals surface area contributed by atoms with Gasteiger partial charge in [0.15, 0.2) is 0 Å². The van der Waals surface area contributed by atoms with Crippen LogP contribution in [0.25, 0.3) is 0 Å². The SMILES string of the molecule is O=C1N(c2ccc(Cl)cc2)C(=NC23CC4CC(CC(C4)C2)C3)[C@H](N2CCCC2)C12CCCCC2. The Morgan fingerprint density at radius 1 is 0.824 bits per heavy atom. The lowest BCUT2D eigenvalue weighted by molar-refractivity contribution is -0.129. The van der Waals surface area contributed by atoms with E-state index in [1.54, 1.807) is 0 Å². The summed E-state index contributed by atoms with van der Waals surface area (Å²) >= 11 is 6.27. The molecule has 1 atom stereocenters. The molecule has 5 heteroatoms. The van der Waals surface area contributed by atoms with E-state index in [4.69, 9.17) is 16.6 Å². The Morgan fingerprint density at radius 3 is 2.00 bits per heavy atom. The van der Waals surface area contributed by atoms with Gasteiger partial charge in [-0.2, -0.15) is 0 Å². The van der Waals surface area contributed by atoms with Crippen LogP contribution in [-0.4, -0.2) is 41.3 Å². The van der Waals surface area contributed by atoms with E-state index in [-0.39, 0.29) is 17.0 Å². The zero-order valence-electron chi connectivity index (χ0n) is 20.4. The number of carbonyl (C=O) groups is 1. The molecule has 2 heterocycles. The molecular weight excluding hydrogens is 442 g/mol. The predicted octanol–water partition coefficient (Wildman–Crippen LogP) is 6.47. The first-order valence-corrected chi connectivity index (χ1v) is 14.4. The van der Waals surface area contributed by atoms with Crippen LogP contribution in [0.5, 0.6) is 0 Å². The van der Waals surface area contributed by atoms with Crippen molar-refractivity contribution in [2.24, 2.45) is 28.2 Å². The molecule has 0 N–H and O–H groups in total. The van der Waals surface area contributed by atoms with E-state index in [1.165, 1.54) is 57.8 Å². The Kier molecular flexibility index (Phi) is 5.18. The van der Waals surface area contributed by atoms with Gasteiger partial charge in [0.05, 0.1) is 22.7 Å². The highest BCUT2D eigenvalue weighted by atomic mass is 35.5. The number of aliphatic imine (C=N–C) groups is 1. The van der Waals surface area contributed by atoms with E-state index >= 15 is 0 Å². The number of likely N-dealkylation sites (tertiary alicyclic amines) is 1. The number of hydrogen-bond donors (Lipinski definition) is 0. The fourth-order valence-electron chi connectivity index (χ4n) is 9.39. The number of amidine groups is 1. The van der Waals surface area contributed by atoms with Gasteiger partial charge < -0.3 is 0 Å². The molecule has 7 aliphatic rings. The van der Waals surface area contributed by atoms with Gasteiger partial charge in [-0.3, -0.25) is 19.6 Å². The van der Waals surface area contributed by atoms with Crippen molar-refractivity contribution >= 4 is 29.0 Å². The second-order valence-electron chi connectivity index (χ2n) is 12.6. The normalized spacial score (nSPS) is 40.2. The standard InChI is InChI=1S/C29H38ClN3O/c30-23-6-8-24(9-7-23)33-26(31-28-17-20-14-21(18-28)16-22(15-20)19-28)25(32-12-4-5-13-32)29(27(33)34)10-2-1-3-11-29/h6-9,20-22,25H,1-5,10-19H2/t20?,21?,22?,25-,28?/m0/s1. The first-order valence-electron chi connectivity index (χ1n) is 14.0. The summed E-state index contributed by atoms with van der Waals surface area (Å²) in [5, 5.41) is 0.721. The maximum atomic E-state index is 14.5. The minimum Gasteiger partial charge on any atom is -0.293 e. The van der Waals surface area contributed by atoms with E-state index in [0.717, 1.165) is 73.1 Å². The molecule has 34 heavy (non-hydrogen) atoms. The quantitative estimate of drug-likeness (QED) is 0.498. The van der Waals surface area contributed by atoms with Gasteiger partial charge in [0, 0.05) is 5.02 Å². The Morgan fingerprint density at radius 2 is 1.41 bits per heavy atom. The maximum Gasteiger partial charge on any atom is 0.240 e. The molecule has 8 rings (SSSR count). The number of nitrogens with zero attached hydrogens (tertiary/aromatic N) is 3. The fraction of sp³-hybridized carbons (Fsp3) is 0.724. The number of halogens is 1. The molecule has 1 aromatic rings. The second-order valence-corrected chi connectivity index (χ2v) is 13.0. The number of rotatable bonds is 3. The number of amides is 1. The number of benzene rings is 1. The highest BCUT2D eigenvalue weighted by Gasteiger charge is 2.61. The summed E-state index contributed by atoms with van der Waals surface area (Å²) in [6, 6.07) is 8.09. The lowest BCUT2D eigenvalue weighted by Gasteiger charge is -2.55. The van der Waals surface area contributed by atoms with Gasteiger partial charge in [-0.1, -0.05) is 30.9 Å². The van der Waals surface area contributed by atoms with Crippen molar-refractivity contribution in [1.29, 1.82) is 0 Å². The van der Waals surface area contributed by atoms with Gasteiger partial charge in [0.2, 0.25) is 5.91 Å². The molecule has 0 radical (unpaired) electrons. The number of anilines is 1. The van der Waals surface area contributed by atoms with Crippen molar-refractivity contribution in [2.75, 3.05) is 18.0 Å². The van der Waals surface area contributed by atoms with Crippen LogP contribution in [0.1, 0.15) is 83.5 Å². The van der Waals surface area contributed by atoms with Crippen LogP contribution in [-0.2, 0) is 4.79 Å². The van der Waals surface area contributed by atoms with E-state index in [1.807, 2.05) is 24.3 Å². The summed E-state index contributed by atoms with van der Waals surface area (Å²) in [4.78, 5) is 25.1. The average Bonchev–Trinajstić information content (AvgIpc) is 3.40. The average molecular weight is 480 g/mol. The van der Waals surface area contributed by atoms with Crippen LogP contribution in [0.15, 0.2) is 29.3 Å². The molecule has 0 aromatic heterocycles. The Balaban J connectivity index is 1.38. The smallest absolute Gasteiger partial charge is 0.240 e. The van der Waals surface area contributed by atoms with Gasteiger partial charge in [-0.05, 0) is 119 Å². The molecule has 1 amide bonds. The minimum absolute atomic E-state index is 0.0627. The predicted molar refractivity (Wildman–Crippen MR) is 137 cm³/mol. The van der Waals surface area contributed by atoms with E-state index < -0.39 is 0 Å². The number of hydrogen-bond acceptors (Lipinski definition) is 3. The minimum atomic E-state index is -0.302. The van der Waals surface area contributed by atoms with E-state index in [0.29, 0.717) is 5.91 Å². The molecule has 2 aliphatic heterocycles. The van der Waals surface area contributed by atoms with Gasteiger partial charge in [-0.15, -0.1) is 0 Å². The molecule has 7 fully saturated rings. The molecule has 0 unspecified atom stereocenters. The van der Waals surface area contributed by atoms with Crippen LogP contribution in [0.2, 0.25) is 5.02 Å². The Bertz CT molecular complexity index is 954. The maximum absolute atomic E-state index is 14.5. The van der Waals surface area contributed by atoms with Gasteiger partial charge >= 0.3 is 0 Å². The van der Waals surface area contributed by atoms with Gasteiger partial charge in [-0.25, -0.2) is 0 Å². The second kappa shape index (κ2) is 8.06. The molecule has 4 nitrogen and oxygen atoms in total. The third kappa shape index (κ3) is 3.34. The highest BCUT2D eigenvalue weighted by molar-refractivity contribution is 6.31. The Hall–Kier alpha value is -1.39. The first kappa shape index (κ1) is 21.9. The molecular formula is C29H38ClN3O. The van der Waals surface area contributed by atoms with E-state index in [9.17, 15) is 4.79 Å². The summed E-state index contributed by atoms with van der Waals surface area (Å²) in [6.45, 7) is 2.21. The zero-order valence-corrected chi connectivity index (χ0v) is 21.1. The van der Waals surface area contributed by atoms with E-state index in [2.05, 4.69) is 9.80 Å². The van der Waals surface area contributed by atoms with Crippen molar-refractivity contribution in [3.8, 4) is 0 Å².